The summed E-state index contributed by atoms with van der Waals surface area (Å²) in [6.07, 6.45) is 2.97. The number of nitrogens with one attached hydrogen (secondary N) is 1. The first kappa shape index (κ1) is 17.5. The summed E-state index contributed by atoms with van der Waals surface area (Å²) in [5.41, 5.74) is 2.77. The predicted molar refractivity (Wildman–Crippen MR) is 103 cm³/mol. The molecule has 0 spiro atoms. The molecular weight excluding hydrogens is 356 g/mol. The van der Waals surface area contributed by atoms with E-state index in [2.05, 4.69) is 15.3 Å². The van der Waals surface area contributed by atoms with Crippen LogP contribution < -0.4 is 5.32 Å². The van der Waals surface area contributed by atoms with Crippen LogP contribution >= 0.6 is 0 Å². The molecule has 2 heterocycles. The molecule has 3 aromatic rings. The summed E-state index contributed by atoms with van der Waals surface area (Å²) in [7, 11) is 0. The maximum atomic E-state index is 12.4. The van der Waals surface area contributed by atoms with Crippen molar-refractivity contribution in [3.8, 4) is 11.4 Å². The minimum Gasteiger partial charge on any atom is -0.322 e. The molecule has 1 N–H and O–H groups in total. The second kappa shape index (κ2) is 7.03. The Kier molecular flexibility index (Phi) is 4.41. The van der Waals surface area contributed by atoms with Gasteiger partial charge in [0.1, 0.15) is 6.54 Å². The number of hydrogen-bond donors (Lipinski definition) is 1. The SMILES string of the molecule is Cc1ccc2c(c1)C(=O)N(CC(=O)Nc1cnc(-c3ccccc3)nc1)C2=O. The van der Waals surface area contributed by atoms with Gasteiger partial charge in [0, 0.05) is 5.56 Å². The normalized spacial score (nSPS) is 12.8. The van der Waals surface area contributed by atoms with E-state index in [0.717, 1.165) is 16.0 Å². The number of rotatable bonds is 4. The average molecular weight is 372 g/mol. The Morgan fingerprint density at radius 3 is 2.36 bits per heavy atom. The van der Waals surface area contributed by atoms with Gasteiger partial charge in [-0.3, -0.25) is 19.3 Å². The number of anilines is 1. The second-order valence-electron chi connectivity index (χ2n) is 6.46. The fourth-order valence-corrected chi connectivity index (χ4v) is 3.02. The van der Waals surface area contributed by atoms with Gasteiger partial charge in [-0.05, 0) is 19.1 Å². The third-order valence-corrected chi connectivity index (χ3v) is 4.40. The minimum absolute atomic E-state index is 0.318. The average Bonchev–Trinajstić information content (AvgIpc) is 2.93. The summed E-state index contributed by atoms with van der Waals surface area (Å²) in [6.45, 7) is 1.47. The molecule has 2 aromatic carbocycles. The molecule has 0 saturated carbocycles. The van der Waals surface area contributed by atoms with Crippen LogP contribution in [-0.4, -0.2) is 39.1 Å². The van der Waals surface area contributed by atoms with E-state index >= 15 is 0 Å². The van der Waals surface area contributed by atoms with Crippen LogP contribution in [0, 0.1) is 6.92 Å². The number of carbonyl (C=O) groups excluding carboxylic acids is 3. The van der Waals surface area contributed by atoms with E-state index in [1.54, 1.807) is 18.2 Å². The van der Waals surface area contributed by atoms with Crippen LogP contribution in [0.25, 0.3) is 11.4 Å². The zero-order valence-corrected chi connectivity index (χ0v) is 15.0. The van der Waals surface area contributed by atoms with Gasteiger partial charge in [-0.25, -0.2) is 9.97 Å². The number of carbonyl (C=O) groups is 3. The lowest BCUT2D eigenvalue weighted by molar-refractivity contribution is -0.116. The van der Waals surface area contributed by atoms with Gasteiger partial charge in [-0.15, -0.1) is 0 Å². The largest absolute Gasteiger partial charge is 0.322 e. The monoisotopic (exact) mass is 372 g/mol. The number of amides is 3. The summed E-state index contributed by atoms with van der Waals surface area (Å²) in [4.78, 5) is 46.6. The highest BCUT2D eigenvalue weighted by Crippen LogP contribution is 2.23. The number of imide groups is 1. The molecule has 0 atom stereocenters. The van der Waals surface area contributed by atoms with E-state index in [9.17, 15) is 14.4 Å². The summed E-state index contributed by atoms with van der Waals surface area (Å²) >= 11 is 0. The lowest BCUT2D eigenvalue weighted by Gasteiger charge is -2.13. The number of nitrogens with zero attached hydrogens (tertiary/aromatic N) is 3. The van der Waals surface area contributed by atoms with Crippen molar-refractivity contribution in [2.75, 3.05) is 11.9 Å². The molecule has 0 fully saturated rings. The Hall–Kier alpha value is -3.87. The van der Waals surface area contributed by atoms with E-state index in [4.69, 9.17) is 0 Å². The summed E-state index contributed by atoms with van der Waals surface area (Å²) in [5, 5.41) is 2.62. The molecular formula is C21H16N4O3. The minimum atomic E-state index is -0.498. The molecule has 1 aliphatic heterocycles. The zero-order valence-electron chi connectivity index (χ0n) is 15.0. The van der Waals surface area contributed by atoms with Crippen molar-refractivity contribution in [3.05, 3.63) is 77.6 Å². The molecule has 0 bridgehead atoms. The Morgan fingerprint density at radius 1 is 0.964 bits per heavy atom. The topological polar surface area (TPSA) is 92.3 Å². The van der Waals surface area contributed by atoms with Crippen molar-refractivity contribution >= 4 is 23.4 Å². The van der Waals surface area contributed by atoms with Crippen molar-refractivity contribution in [1.29, 1.82) is 0 Å². The Morgan fingerprint density at radius 2 is 1.64 bits per heavy atom. The summed E-state index contributed by atoms with van der Waals surface area (Å²) in [6, 6.07) is 14.5. The highest BCUT2D eigenvalue weighted by Gasteiger charge is 2.36. The molecule has 0 unspecified atom stereocenters. The molecule has 28 heavy (non-hydrogen) atoms. The van der Waals surface area contributed by atoms with Gasteiger partial charge in [0.05, 0.1) is 29.2 Å². The van der Waals surface area contributed by atoms with Crippen LogP contribution in [0.15, 0.2) is 60.9 Å². The van der Waals surface area contributed by atoms with Gasteiger partial charge in [0.15, 0.2) is 5.82 Å². The Bertz CT molecular complexity index is 1080. The van der Waals surface area contributed by atoms with Crippen LogP contribution in [0.3, 0.4) is 0 Å². The van der Waals surface area contributed by atoms with Crippen molar-refractivity contribution in [2.45, 2.75) is 6.92 Å². The van der Waals surface area contributed by atoms with Crippen LogP contribution in [0.5, 0.6) is 0 Å². The van der Waals surface area contributed by atoms with Crippen LogP contribution in [0.1, 0.15) is 26.3 Å². The van der Waals surface area contributed by atoms with E-state index < -0.39 is 17.7 Å². The second-order valence-corrected chi connectivity index (χ2v) is 6.46. The molecule has 0 aliphatic carbocycles. The van der Waals surface area contributed by atoms with Gasteiger partial charge >= 0.3 is 0 Å². The first-order valence-corrected chi connectivity index (χ1v) is 8.67. The third kappa shape index (κ3) is 3.25. The Balaban J connectivity index is 1.44. The van der Waals surface area contributed by atoms with E-state index in [0.29, 0.717) is 22.6 Å². The molecule has 1 aromatic heterocycles. The number of hydrogen-bond acceptors (Lipinski definition) is 5. The maximum Gasteiger partial charge on any atom is 0.262 e. The predicted octanol–water partition coefficient (Wildman–Crippen LogP) is 2.69. The van der Waals surface area contributed by atoms with Gasteiger partial charge in [0.25, 0.3) is 11.8 Å². The lowest BCUT2D eigenvalue weighted by Crippen LogP contribution is -2.37. The van der Waals surface area contributed by atoms with Crippen LogP contribution in [0.2, 0.25) is 0 Å². The molecule has 0 saturated heterocycles. The van der Waals surface area contributed by atoms with Crippen molar-refractivity contribution in [1.82, 2.24) is 14.9 Å². The summed E-state index contributed by atoms with van der Waals surface area (Å²) < 4.78 is 0. The molecule has 0 radical (unpaired) electrons. The first-order valence-electron chi connectivity index (χ1n) is 8.67. The molecule has 7 heteroatoms. The zero-order chi connectivity index (χ0) is 19.7. The van der Waals surface area contributed by atoms with Gasteiger partial charge in [0.2, 0.25) is 5.91 Å². The summed E-state index contributed by atoms with van der Waals surface area (Å²) in [5.74, 6) is -0.892. The fraction of sp³-hybridized carbons (Fsp3) is 0.0952. The first-order chi connectivity index (χ1) is 13.5. The number of fused-ring (bicyclic) bond motifs is 1. The van der Waals surface area contributed by atoms with Crippen LogP contribution in [0.4, 0.5) is 5.69 Å². The van der Waals surface area contributed by atoms with Gasteiger partial charge < -0.3 is 5.32 Å². The maximum absolute atomic E-state index is 12.4. The standard InChI is InChI=1S/C21H16N4O3/c1-13-7-8-16-17(9-13)21(28)25(20(16)27)12-18(26)24-15-10-22-19(23-11-15)14-5-3-2-4-6-14/h2-11H,12H2,1H3,(H,24,26). The molecule has 4 rings (SSSR count). The van der Waals surface area contributed by atoms with Crippen molar-refractivity contribution < 1.29 is 14.4 Å². The van der Waals surface area contributed by atoms with E-state index in [-0.39, 0.29) is 6.54 Å². The Labute approximate surface area is 161 Å². The third-order valence-electron chi connectivity index (χ3n) is 4.40. The number of benzene rings is 2. The fourth-order valence-electron chi connectivity index (χ4n) is 3.02. The quantitative estimate of drug-likeness (QED) is 0.711. The highest BCUT2D eigenvalue weighted by atomic mass is 16.2. The van der Waals surface area contributed by atoms with Gasteiger partial charge in [-0.1, -0.05) is 42.0 Å². The van der Waals surface area contributed by atoms with E-state index in [1.165, 1.54) is 12.4 Å². The number of aryl methyl sites for hydroxylation is 1. The lowest BCUT2D eigenvalue weighted by atomic mass is 10.1. The molecule has 1 aliphatic rings. The smallest absolute Gasteiger partial charge is 0.262 e. The highest BCUT2D eigenvalue weighted by molar-refractivity contribution is 6.22. The van der Waals surface area contributed by atoms with Crippen molar-refractivity contribution in [3.63, 3.8) is 0 Å². The molecule has 7 nitrogen and oxygen atoms in total. The van der Waals surface area contributed by atoms with Crippen LogP contribution in [-0.2, 0) is 4.79 Å². The van der Waals surface area contributed by atoms with Crippen molar-refractivity contribution in [2.24, 2.45) is 0 Å². The molecule has 3 amide bonds. The van der Waals surface area contributed by atoms with E-state index in [1.807, 2.05) is 37.3 Å². The van der Waals surface area contributed by atoms with Gasteiger partial charge in [-0.2, -0.15) is 0 Å². The number of aromatic nitrogens is 2. The molecule has 138 valence electrons.